The quantitative estimate of drug-likeness (QED) is 0.500. The Labute approximate surface area is 154 Å². The Morgan fingerprint density at radius 3 is 2.80 bits per heavy atom. The van der Waals surface area contributed by atoms with Gasteiger partial charge in [0.2, 0.25) is 0 Å². The molecule has 1 aromatic carbocycles. The van der Waals surface area contributed by atoms with Crippen molar-refractivity contribution in [2.24, 2.45) is 11.7 Å². The summed E-state index contributed by atoms with van der Waals surface area (Å²) in [5, 5.41) is 20.4. The molecule has 2 saturated heterocycles. The molecule has 2 amide bonds. The molecular weight excluding hydrogens is 423 g/mol. The molecule has 1 aromatic rings. The molecule has 3 atom stereocenters. The zero-order valence-electron chi connectivity index (χ0n) is 14.1. The van der Waals surface area contributed by atoms with E-state index in [1.807, 2.05) is 24.3 Å². The molecule has 0 saturated carbocycles. The van der Waals surface area contributed by atoms with Crippen molar-refractivity contribution in [2.45, 2.75) is 26.5 Å². The van der Waals surface area contributed by atoms with Gasteiger partial charge in [-0.05, 0) is 0 Å². The third-order valence-corrected chi connectivity index (χ3v) is 15.0. The Balaban J connectivity index is 1.79. The summed E-state index contributed by atoms with van der Waals surface area (Å²) in [6, 6.07) is 7.72. The van der Waals surface area contributed by atoms with Crippen LogP contribution < -0.4 is 9.05 Å². The van der Waals surface area contributed by atoms with Crippen LogP contribution in [0.5, 0.6) is 0 Å². The minimum absolute atomic E-state index is 0.309. The average Bonchev–Trinajstić information content (AvgIpc) is 3.10. The van der Waals surface area contributed by atoms with Crippen LogP contribution in [0.4, 0.5) is 0 Å². The molecule has 0 bridgehead atoms. The van der Waals surface area contributed by atoms with E-state index in [0.717, 1.165) is 9.74 Å². The third kappa shape index (κ3) is 3.71. The molecule has 2 aliphatic rings. The summed E-state index contributed by atoms with van der Waals surface area (Å²) in [6.45, 7) is 0.495. The molecule has 7 heteroatoms. The van der Waals surface area contributed by atoms with Crippen molar-refractivity contribution < 1.29 is 19.8 Å². The number of rotatable bonds is 2. The van der Waals surface area contributed by atoms with Crippen molar-refractivity contribution in [1.29, 1.82) is 0 Å². The van der Waals surface area contributed by atoms with Crippen molar-refractivity contribution in [3.05, 3.63) is 29.8 Å². The van der Waals surface area contributed by atoms with Crippen LogP contribution in [0.25, 0.3) is 0 Å². The summed E-state index contributed by atoms with van der Waals surface area (Å²) in [5.74, 6) is 4.43. The number of likely N-dealkylation sites (N-methyl/N-ethyl adjacent to an activating group) is 1. The molecule has 130 valence electrons. The zero-order chi connectivity index (χ0) is 18.2. The molecule has 0 aliphatic carbocycles. The minimum atomic E-state index is -2.27. The van der Waals surface area contributed by atoms with Crippen LogP contribution in [0.1, 0.15) is 12.0 Å². The number of carbonyl (C=O) groups is 2. The maximum atomic E-state index is 12.0. The van der Waals surface area contributed by atoms with E-state index in [2.05, 4.69) is 11.8 Å². The summed E-state index contributed by atoms with van der Waals surface area (Å²) in [5.41, 5.74) is 4.50. The SMILES string of the molecule is CN1CC[C@@](O)(C#Cc2ccc[c]([In]3[CH2]C(C(N)=O)[C@@H](O)[CH2]3)c2)C1=O. The van der Waals surface area contributed by atoms with Crippen LogP contribution in [0, 0.1) is 17.8 Å². The number of aliphatic hydroxyl groups is 2. The van der Waals surface area contributed by atoms with Crippen LogP contribution in [-0.2, 0) is 9.59 Å². The number of hydrogen-bond acceptors (Lipinski definition) is 4. The van der Waals surface area contributed by atoms with Gasteiger partial charge >= 0.3 is 155 Å². The molecule has 0 radical (unpaired) electrons. The summed E-state index contributed by atoms with van der Waals surface area (Å²) in [6.07, 6.45) is -0.316. The molecular formula is C18H21InN2O4. The van der Waals surface area contributed by atoms with Gasteiger partial charge in [-0.2, -0.15) is 0 Å². The van der Waals surface area contributed by atoms with Crippen molar-refractivity contribution in [2.75, 3.05) is 13.6 Å². The number of carbonyl (C=O) groups excluding carboxylic acids is 2. The Kier molecular flexibility index (Phi) is 5.14. The maximum absolute atomic E-state index is 12.0. The number of aliphatic hydroxyl groups excluding tert-OH is 1. The van der Waals surface area contributed by atoms with Gasteiger partial charge in [0.15, 0.2) is 0 Å². The van der Waals surface area contributed by atoms with Gasteiger partial charge in [-0.25, -0.2) is 0 Å². The van der Waals surface area contributed by atoms with Crippen LogP contribution >= 0.6 is 0 Å². The van der Waals surface area contributed by atoms with Gasteiger partial charge in [-0.3, -0.25) is 0 Å². The topological polar surface area (TPSA) is 104 Å². The second-order valence-corrected chi connectivity index (χ2v) is 15.5. The summed E-state index contributed by atoms with van der Waals surface area (Å²) in [4.78, 5) is 24.9. The fraction of sp³-hybridized carbons (Fsp3) is 0.444. The summed E-state index contributed by atoms with van der Waals surface area (Å²) < 4.78 is 2.60. The second kappa shape index (κ2) is 7.02. The van der Waals surface area contributed by atoms with E-state index in [9.17, 15) is 19.8 Å². The Morgan fingerprint density at radius 1 is 1.44 bits per heavy atom. The first kappa shape index (κ1) is 18.3. The summed E-state index contributed by atoms with van der Waals surface area (Å²) >= 11 is -2.27. The van der Waals surface area contributed by atoms with Gasteiger partial charge in [0.25, 0.3) is 0 Å². The molecule has 2 fully saturated rings. The van der Waals surface area contributed by atoms with E-state index in [-0.39, 0.29) is 5.91 Å². The van der Waals surface area contributed by atoms with Crippen molar-refractivity contribution in [1.82, 2.24) is 4.90 Å². The monoisotopic (exact) mass is 444 g/mol. The Hall–Kier alpha value is -1.49. The standard InChI is InChI=1S/C13H12NO2.C5H9NO2.In/c1-14-10-9-13(16,12(14)15)8-7-11-5-3-2-4-6-11;1-3(4(2)7)5(6)8;/h2-3,5-6,16H,9-10H2,1H3;3-4,7H,1-2H2,(H2,6,8);/t13-;3?,4-;/m00./s1. The van der Waals surface area contributed by atoms with E-state index in [1.165, 1.54) is 8.22 Å². The number of likely N-dealkylation sites (tertiary alicyclic amines) is 1. The molecule has 2 heterocycles. The predicted octanol–water partition coefficient (Wildman–Crippen LogP) is -1.19. The first-order valence-electron chi connectivity index (χ1n) is 8.38. The normalized spacial score (nSPS) is 28.8. The fourth-order valence-corrected chi connectivity index (χ4v) is 13.9. The number of amides is 2. The molecule has 2 aliphatic heterocycles. The number of primary amides is 1. The molecule has 3 rings (SSSR count). The Bertz CT molecular complexity index is 772. The van der Waals surface area contributed by atoms with Gasteiger partial charge in [-0.1, -0.05) is 0 Å². The van der Waals surface area contributed by atoms with Gasteiger partial charge in [0.05, 0.1) is 0 Å². The van der Waals surface area contributed by atoms with Gasteiger partial charge in [0.1, 0.15) is 0 Å². The summed E-state index contributed by atoms with van der Waals surface area (Å²) in [7, 11) is 1.65. The molecule has 6 nitrogen and oxygen atoms in total. The van der Waals surface area contributed by atoms with E-state index in [0.29, 0.717) is 17.1 Å². The first-order valence-corrected chi connectivity index (χ1v) is 14.7. The van der Waals surface area contributed by atoms with Crippen molar-refractivity contribution >= 4 is 36.6 Å². The predicted molar refractivity (Wildman–Crippen MR) is 94.2 cm³/mol. The average molecular weight is 444 g/mol. The molecule has 25 heavy (non-hydrogen) atoms. The second-order valence-electron chi connectivity index (χ2n) is 6.96. The van der Waals surface area contributed by atoms with E-state index >= 15 is 0 Å². The Morgan fingerprint density at radius 2 is 2.20 bits per heavy atom. The number of hydrogen-bond donors (Lipinski definition) is 3. The van der Waals surface area contributed by atoms with Crippen LogP contribution in [0.15, 0.2) is 24.3 Å². The fourth-order valence-electron chi connectivity index (χ4n) is 3.61. The van der Waals surface area contributed by atoms with Crippen molar-refractivity contribution in [3.8, 4) is 11.8 Å². The van der Waals surface area contributed by atoms with Gasteiger partial charge in [-0.15, -0.1) is 0 Å². The van der Waals surface area contributed by atoms with Crippen LogP contribution in [0.3, 0.4) is 0 Å². The number of benzene rings is 1. The molecule has 4 N–H and O–H groups in total. The first-order chi connectivity index (χ1) is 11.8. The number of nitrogens with two attached hydrogens (primary N) is 1. The van der Waals surface area contributed by atoms with Crippen LogP contribution in [0.2, 0.25) is 8.35 Å². The van der Waals surface area contributed by atoms with E-state index in [1.54, 1.807) is 7.05 Å². The van der Waals surface area contributed by atoms with E-state index in [4.69, 9.17) is 5.73 Å². The number of nitrogens with zero attached hydrogens (tertiary/aromatic N) is 1. The zero-order valence-corrected chi connectivity index (χ0v) is 17.4. The van der Waals surface area contributed by atoms with E-state index < -0.39 is 45.0 Å². The van der Waals surface area contributed by atoms with Crippen LogP contribution in [-0.4, -0.2) is 73.7 Å². The van der Waals surface area contributed by atoms with Gasteiger partial charge in [0, 0.05) is 0 Å². The van der Waals surface area contributed by atoms with Gasteiger partial charge < -0.3 is 0 Å². The molecule has 0 spiro atoms. The molecule has 0 aromatic heterocycles. The molecule has 1 unspecified atom stereocenters. The third-order valence-electron chi connectivity index (χ3n) is 5.18. The van der Waals surface area contributed by atoms with Crippen molar-refractivity contribution in [3.63, 3.8) is 0 Å².